The zero-order valence-electron chi connectivity index (χ0n) is 10.8. The summed E-state index contributed by atoms with van der Waals surface area (Å²) >= 11 is 0. The van der Waals surface area contributed by atoms with E-state index in [1.165, 1.54) is 12.8 Å². The van der Waals surface area contributed by atoms with Crippen molar-refractivity contribution in [3.8, 4) is 0 Å². The molecule has 0 radical (unpaired) electrons. The molecule has 2 nitrogen and oxygen atoms in total. The second-order valence-electron chi connectivity index (χ2n) is 4.57. The monoisotopic (exact) mass is 204 g/mol. The quantitative estimate of drug-likeness (QED) is 0.711. The van der Waals surface area contributed by atoms with Gasteiger partial charge >= 0.3 is 0 Å². The summed E-state index contributed by atoms with van der Waals surface area (Å²) in [6.07, 6.45) is 3.14. The highest BCUT2D eigenvalue weighted by Crippen LogP contribution is 2.06. The molecule has 1 N–H and O–H groups in total. The lowest BCUT2D eigenvalue weighted by Gasteiger charge is -2.18. The molecule has 2 heteroatoms. The molecule has 0 aromatic heterocycles. The third kappa shape index (κ3) is 22.7. The second-order valence-corrected chi connectivity index (χ2v) is 4.57. The van der Waals surface area contributed by atoms with Crippen molar-refractivity contribution >= 4 is 0 Å². The summed E-state index contributed by atoms with van der Waals surface area (Å²) < 4.78 is 5.47. The molecule has 0 aliphatic heterocycles. The Morgan fingerprint density at radius 3 is 1.86 bits per heavy atom. The highest BCUT2D eigenvalue weighted by atomic mass is 16.5. The molecule has 0 amide bonds. The van der Waals surface area contributed by atoms with E-state index in [4.69, 9.17) is 9.84 Å². The smallest absolute Gasteiger partial charge is 0.0598 e. The Kier molecular flexibility index (Phi) is 11.1. The summed E-state index contributed by atoms with van der Waals surface area (Å²) in [5.74, 6) is 0. The van der Waals surface area contributed by atoms with E-state index in [0.717, 1.165) is 13.0 Å². The van der Waals surface area contributed by atoms with Crippen LogP contribution >= 0.6 is 0 Å². The highest BCUT2D eigenvalue weighted by molar-refractivity contribution is 4.57. The minimum Gasteiger partial charge on any atom is -0.393 e. The summed E-state index contributed by atoms with van der Waals surface area (Å²) in [4.78, 5) is 0. The summed E-state index contributed by atoms with van der Waals surface area (Å²) in [5, 5.41) is 8.36. The molecule has 0 saturated heterocycles. The highest BCUT2D eigenvalue weighted by Gasteiger charge is 2.07. The molecule has 1 atom stereocenters. The van der Waals surface area contributed by atoms with Crippen LogP contribution < -0.4 is 0 Å². The van der Waals surface area contributed by atoms with Crippen LogP contribution in [-0.4, -0.2) is 23.4 Å². The predicted octanol–water partition coefficient (Wildman–Crippen LogP) is 3.38. The summed E-state index contributed by atoms with van der Waals surface area (Å²) in [7, 11) is 0. The molecule has 0 bridgehead atoms. The van der Waals surface area contributed by atoms with Gasteiger partial charge in [0.05, 0.1) is 11.7 Å². The fourth-order valence-corrected chi connectivity index (χ4v) is 0.523. The summed E-state index contributed by atoms with van der Waals surface area (Å²) in [6.45, 7) is 13.1. The zero-order chi connectivity index (χ0) is 11.6. The topological polar surface area (TPSA) is 29.5 Å². The Morgan fingerprint density at radius 2 is 1.64 bits per heavy atom. The van der Waals surface area contributed by atoms with Gasteiger partial charge in [-0.1, -0.05) is 20.3 Å². The van der Waals surface area contributed by atoms with Gasteiger partial charge in [0.2, 0.25) is 0 Å². The average Bonchev–Trinajstić information content (AvgIpc) is 2.04. The maximum atomic E-state index is 8.36. The molecule has 0 spiro atoms. The molecule has 0 fully saturated rings. The van der Waals surface area contributed by atoms with Crippen molar-refractivity contribution in [2.45, 2.75) is 72.5 Å². The van der Waals surface area contributed by atoms with Gasteiger partial charge < -0.3 is 9.84 Å². The standard InChI is InChI=1S/C8H18O.C4H10O/c1-5-6-7-9-8(2,3)4;1-3-4(2)5/h5-7H2,1-4H3;4-5H,3H2,1-2H3. The third-order valence-electron chi connectivity index (χ3n) is 1.62. The number of hydrogen-bond acceptors (Lipinski definition) is 2. The number of hydrogen-bond donors (Lipinski definition) is 1. The zero-order valence-corrected chi connectivity index (χ0v) is 10.8. The van der Waals surface area contributed by atoms with Crippen molar-refractivity contribution in [2.75, 3.05) is 6.61 Å². The van der Waals surface area contributed by atoms with E-state index < -0.39 is 0 Å². The normalized spacial score (nSPS) is 13.1. The van der Waals surface area contributed by atoms with Gasteiger partial charge in [0, 0.05) is 6.61 Å². The fourth-order valence-electron chi connectivity index (χ4n) is 0.523. The first-order chi connectivity index (χ1) is 6.33. The Labute approximate surface area is 89.7 Å². The number of ether oxygens (including phenoxy) is 1. The first kappa shape index (κ1) is 16.4. The molecule has 0 heterocycles. The van der Waals surface area contributed by atoms with Gasteiger partial charge in [-0.25, -0.2) is 0 Å². The van der Waals surface area contributed by atoms with Gasteiger partial charge in [0.15, 0.2) is 0 Å². The van der Waals surface area contributed by atoms with Crippen molar-refractivity contribution in [3.63, 3.8) is 0 Å². The molecular weight excluding hydrogens is 176 g/mol. The Morgan fingerprint density at radius 1 is 1.21 bits per heavy atom. The van der Waals surface area contributed by atoms with Crippen LogP contribution in [0.15, 0.2) is 0 Å². The average molecular weight is 204 g/mol. The van der Waals surface area contributed by atoms with Crippen LogP contribution in [0.2, 0.25) is 0 Å². The lowest BCUT2D eigenvalue weighted by atomic mass is 10.2. The van der Waals surface area contributed by atoms with Crippen molar-refractivity contribution < 1.29 is 9.84 Å². The van der Waals surface area contributed by atoms with Crippen molar-refractivity contribution in [1.29, 1.82) is 0 Å². The van der Waals surface area contributed by atoms with Crippen molar-refractivity contribution in [1.82, 2.24) is 0 Å². The Bertz CT molecular complexity index is 103. The van der Waals surface area contributed by atoms with E-state index in [1.807, 2.05) is 6.92 Å². The number of unbranched alkanes of at least 4 members (excludes halogenated alkanes) is 1. The molecular formula is C12H28O2. The molecule has 0 saturated carbocycles. The molecule has 0 aromatic carbocycles. The molecule has 0 aliphatic rings. The van der Waals surface area contributed by atoms with Gasteiger partial charge in [-0.3, -0.25) is 0 Å². The van der Waals surface area contributed by atoms with E-state index in [2.05, 4.69) is 27.7 Å². The Balaban J connectivity index is 0. The van der Waals surface area contributed by atoms with Crippen LogP contribution in [0.1, 0.15) is 60.8 Å². The van der Waals surface area contributed by atoms with Crippen LogP contribution in [0.4, 0.5) is 0 Å². The first-order valence-corrected chi connectivity index (χ1v) is 5.65. The lowest BCUT2D eigenvalue weighted by molar-refractivity contribution is -0.00415. The van der Waals surface area contributed by atoms with Gasteiger partial charge in [-0.05, 0) is 40.5 Å². The minimum atomic E-state index is -0.116. The van der Waals surface area contributed by atoms with Crippen molar-refractivity contribution in [3.05, 3.63) is 0 Å². The van der Waals surface area contributed by atoms with Crippen LogP contribution in [0, 0.1) is 0 Å². The van der Waals surface area contributed by atoms with Crippen LogP contribution in [-0.2, 0) is 4.74 Å². The van der Waals surface area contributed by atoms with E-state index in [-0.39, 0.29) is 11.7 Å². The summed E-state index contributed by atoms with van der Waals surface area (Å²) in [5.41, 5.74) is 0.0508. The molecule has 14 heavy (non-hydrogen) atoms. The second kappa shape index (κ2) is 9.47. The van der Waals surface area contributed by atoms with Crippen LogP contribution in [0.5, 0.6) is 0 Å². The number of rotatable bonds is 4. The third-order valence-corrected chi connectivity index (χ3v) is 1.62. The molecule has 0 rings (SSSR count). The first-order valence-electron chi connectivity index (χ1n) is 5.65. The maximum Gasteiger partial charge on any atom is 0.0598 e. The van der Waals surface area contributed by atoms with Gasteiger partial charge in [-0.15, -0.1) is 0 Å². The van der Waals surface area contributed by atoms with E-state index in [0.29, 0.717) is 0 Å². The summed E-state index contributed by atoms with van der Waals surface area (Å²) in [6, 6.07) is 0. The number of aliphatic hydroxyl groups is 1. The van der Waals surface area contributed by atoms with E-state index in [1.54, 1.807) is 6.92 Å². The molecule has 0 aromatic rings. The number of aliphatic hydroxyl groups excluding tert-OH is 1. The fraction of sp³-hybridized carbons (Fsp3) is 1.00. The van der Waals surface area contributed by atoms with E-state index in [9.17, 15) is 0 Å². The minimum absolute atomic E-state index is 0.0508. The molecule has 0 aliphatic carbocycles. The van der Waals surface area contributed by atoms with Gasteiger partial charge in [0.1, 0.15) is 0 Å². The van der Waals surface area contributed by atoms with E-state index >= 15 is 0 Å². The largest absolute Gasteiger partial charge is 0.393 e. The Hall–Kier alpha value is -0.0800. The van der Waals surface area contributed by atoms with Gasteiger partial charge in [0.25, 0.3) is 0 Å². The van der Waals surface area contributed by atoms with Crippen LogP contribution in [0.25, 0.3) is 0 Å². The van der Waals surface area contributed by atoms with Gasteiger partial charge in [-0.2, -0.15) is 0 Å². The SMILES string of the molecule is CCC(C)O.CCCCOC(C)(C)C. The van der Waals surface area contributed by atoms with Crippen LogP contribution in [0.3, 0.4) is 0 Å². The molecule has 1 unspecified atom stereocenters. The molecule has 88 valence electrons. The lowest BCUT2D eigenvalue weighted by Crippen LogP contribution is -2.19. The van der Waals surface area contributed by atoms with Crippen molar-refractivity contribution in [2.24, 2.45) is 0 Å². The maximum absolute atomic E-state index is 8.36. The predicted molar refractivity (Wildman–Crippen MR) is 62.6 cm³/mol.